The molecule has 0 unspecified atom stereocenters. The van der Waals surface area contributed by atoms with E-state index in [9.17, 15) is 4.39 Å². The lowest BCUT2D eigenvalue weighted by Crippen LogP contribution is -1.96. The smallest absolute Gasteiger partial charge is 0.237 e. The first-order valence-corrected chi connectivity index (χ1v) is 3.18. The van der Waals surface area contributed by atoms with E-state index in [1.54, 1.807) is 0 Å². The van der Waals surface area contributed by atoms with Gasteiger partial charge >= 0.3 is 0 Å². The van der Waals surface area contributed by atoms with Gasteiger partial charge in [-0.3, -0.25) is 0 Å². The highest BCUT2D eigenvalue weighted by atomic mass is 35.5. The average Bonchev–Trinajstić information content (AvgIpc) is 1.97. The minimum Gasteiger partial charge on any atom is -0.493 e. The molecule has 0 amide bonds. The van der Waals surface area contributed by atoms with E-state index in [1.165, 1.54) is 13.2 Å². The zero-order valence-corrected chi connectivity index (χ0v) is 6.52. The molecule has 5 heteroatoms. The number of nitrogens with two attached hydrogens (primary N) is 1. The molecule has 1 rings (SSSR count). The van der Waals surface area contributed by atoms with E-state index in [4.69, 9.17) is 22.1 Å². The number of aromatic nitrogens is 1. The van der Waals surface area contributed by atoms with Crippen molar-refractivity contribution in [3.05, 3.63) is 17.2 Å². The van der Waals surface area contributed by atoms with Crippen molar-refractivity contribution in [3.63, 3.8) is 0 Å². The van der Waals surface area contributed by atoms with Crippen molar-refractivity contribution >= 4 is 17.3 Å². The first-order chi connectivity index (χ1) is 5.15. The number of methoxy groups -OCH3 is 1. The topological polar surface area (TPSA) is 48.1 Å². The van der Waals surface area contributed by atoms with Crippen molar-refractivity contribution in [2.75, 3.05) is 12.8 Å². The highest BCUT2D eigenvalue weighted by Crippen LogP contribution is 2.24. The van der Waals surface area contributed by atoms with Crippen LogP contribution in [-0.4, -0.2) is 12.1 Å². The van der Waals surface area contributed by atoms with Crippen LogP contribution in [0.5, 0.6) is 5.75 Å². The SMILES string of the molecule is COc1cc(N)c(F)nc1Cl. The van der Waals surface area contributed by atoms with Crippen molar-refractivity contribution in [2.24, 2.45) is 0 Å². The Hall–Kier alpha value is -1.03. The number of hydrogen-bond donors (Lipinski definition) is 1. The van der Waals surface area contributed by atoms with Crippen LogP contribution in [0.15, 0.2) is 6.07 Å². The number of halogens is 2. The van der Waals surface area contributed by atoms with E-state index in [2.05, 4.69) is 4.98 Å². The molecule has 3 nitrogen and oxygen atoms in total. The van der Waals surface area contributed by atoms with Crippen LogP contribution in [0.1, 0.15) is 0 Å². The lowest BCUT2D eigenvalue weighted by molar-refractivity contribution is 0.411. The standard InChI is InChI=1S/C6H6ClFN2O/c1-11-4-2-3(9)6(8)10-5(4)7/h2H,9H2,1H3. The van der Waals surface area contributed by atoms with E-state index < -0.39 is 5.95 Å². The van der Waals surface area contributed by atoms with Crippen LogP contribution in [0.25, 0.3) is 0 Å². The Labute approximate surface area is 67.9 Å². The third kappa shape index (κ3) is 1.51. The van der Waals surface area contributed by atoms with Crippen molar-refractivity contribution in [1.82, 2.24) is 4.98 Å². The molecule has 0 radical (unpaired) electrons. The molecule has 60 valence electrons. The van der Waals surface area contributed by atoms with Gasteiger partial charge in [0.2, 0.25) is 5.95 Å². The summed E-state index contributed by atoms with van der Waals surface area (Å²) in [5.74, 6) is -0.513. The molecule has 2 N–H and O–H groups in total. The molecule has 1 aromatic rings. The number of ether oxygens (including phenoxy) is 1. The van der Waals surface area contributed by atoms with Crippen LogP contribution in [-0.2, 0) is 0 Å². The lowest BCUT2D eigenvalue weighted by Gasteiger charge is -2.02. The molecule has 0 fully saturated rings. The van der Waals surface area contributed by atoms with Gasteiger partial charge in [-0.25, -0.2) is 4.98 Å². The number of anilines is 1. The molecule has 1 aromatic heterocycles. The highest BCUT2D eigenvalue weighted by Gasteiger charge is 2.06. The molecule has 0 aliphatic rings. The summed E-state index contributed by atoms with van der Waals surface area (Å²) in [6.07, 6.45) is 0. The van der Waals surface area contributed by atoms with E-state index in [0.717, 1.165) is 0 Å². The summed E-state index contributed by atoms with van der Waals surface area (Å²) in [7, 11) is 1.40. The largest absolute Gasteiger partial charge is 0.493 e. The molecule has 0 aliphatic carbocycles. The summed E-state index contributed by atoms with van der Waals surface area (Å²) in [6.45, 7) is 0. The molecule has 0 saturated carbocycles. The summed E-state index contributed by atoms with van der Waals surface area (Å²) in [6, 6.07) is 1.28. The lowest BCUT2D eigenvalue weighted by atomic mass is 10.4. The third-order valence-corrected chi connectivity index (χ3v) is 1.42. The van der Waals surface area contributed by atoms with Gasteiger partial charge in [-0.15, -0.1) is 0 Å². The molecule has 11 heavy (non-hydrogen) atoms. The average molecular weight is 177 g/mol. The molecule has 0 aliphatic heterocycles. The maximum Gasteiger partial charge on any atom is 0.237 e. The predicted octanol–water partition coefficient (Wildman–Crippen LogP) is 1.46. The van der Waals surface area contributed by atoms with Gasteiger partial charge in [0, 0.05) is 6.07 Å². The molecule has 0 aromatic carbocycles. The second-order valence-electron chi connectivity index (χ2n) is 1.86. The van der Waals surface area contributed by atoms with Gasteiger partial charge in [-0.1, -0.05) is 11.6 Å². The van der Waals surface area contributed by atoms with Crippen molar-refractivity contribution in [1.29, 1.82) is 0 Å². The van der Waals surface area contributed by atoms with Crippen molar-refractivity contribution in [2.45, 2.75) is 0 Å². The fourth-order valence-corrected chi connectivity index (χ4v) is 0.815. The summed E-state index contributed by atoms with van der Waals surface area (Å²) < 4.78 is 17.3. The molecular weight excluding hydrogens is 171 g/mol. The normalized spacial score (nSPS) is 9.73. The van der Waals surface area contributed by atoms with Crippen LogP contribution >= 0.6 is 11.6 Å². The van der Waals surface area contributed by atoms with Crippen LogP contribution in [0.4, 0.5) is 10.1 Å². The number of nitrogen functional groups attached to an aromatic ring is 1. The van der Waals surface area contributed by atoms with Crippen LogP contribution < -0.4 is 10.5 Å². The van der Waals surface area contributed by atoms with Gasteiger partial charge in [0.1, 0.15) is 0 Å². The number of rotatable bonds is 1. The Morgan fingerprint density at radius 3 is 2.91 bits per heavy atom. The number of pyridine rings is 1. The van der Waals surface area contributed by atoms with Gasteiger partial charge in [-0.2, -0.15) is 4.39 Å². The Morgan fingerprint density at radius 1 is 1.73 bits per heavy atom. The first-order valence-electron chi connectivity index (χ1n) is 2.80. The fourth-order valence-electron chi connectivity index (χ4n) is 0.609. The van der Waals surface area contributed by atoms with Gasteiger partial charge in [0.25, 0.3) is 0 Å². The number of nitrogens with zero attached hydrogens (tertiary/aromatic N) is 1. The molecular formula is C6H6ClFN2O. The maximum atomic E-state index is 12.5. The summed E-state index contributed by atoms with van der Waals surface area (Å²) in [5, 5.41) is -0.0285. The maximum absolute atomic E-state index is 12.5. The first kappa shape index (κ1) is 8.07. The van der Waals surface area contributed by atoms with Crippen molar-refractivity contribution < 1.29 is 9.13 Å². The van der Waals surface area contributed by atoms with Gasteiger partial charge in [-0.05, 0) is 0 Å². The van der Waals surface area contributed by atoms with E-state index in [-0.39, 0.29) is 16.6 Å². The van der Waals surface area contributed by atoms with E-state index in [1.807, 2.05) is 0 Å². The third-order valence-electron chi connectivity index (χ3n) is 1.14. The van der Waals surface area contributed by atoms with Gasteiger partial charge < -0.3 is 10.5 Å². The van der Waals surface area contributed by atoms with Crippen molar-refractivity contribution in [3.8, 4) is 5.75 Å². The Bertz CT molecular complexity index is 280. The number of hydrogen-bond acceptors (Lipinski definition) is 3. The van der Waals surface area contributed by atoms with Gasteiger partial charge in [0.15, 0.2) is 10.9 Å². The minimum absolute atomic E-state index is 0.0285. The molecule has 0 bridgehead atoms. The molecule has 0 saturated heterocycles. The molecule has 0 atom stereocenters. The quantitative estimate of drug-likeness (QED) is 0.660. The monoisotopic (exact) mass is 176 g/mol. The second-order valence-corrected chi connectivity index (χ2v) is 2.22. The zero-order chi connectivity index (χ0) is 8.43. The fraction of sp³-hybridized carbons (Fsp3) is 0.167. The summed E-state index contributed by atoms with van der Waals surface area (Å²) in [5.41, 5.74) is 5.11. The summed E-state index contributed by atoms with van der Waals surface area (Å²) >= 11 is 5.47. The Balaban J connectivity index is 3.21. The predicted molar refractivity (Wildman–Crippen MR) is 40.2 cm³/mol. The van der Waals surface area contributed by atoms with Crippen LogP contribution in [0, 0.1) is 5.95 Å². The Kier molecular flexibility index (Phi) is 2.14. The van der Waals surface area contributed by atoms with E-state index in [0.29, 0.717) is 0 Å². The summed E-state index contributed by atoms with van der Waals surface area (Å²) in [4.78, 5) is 3.29. The van der Waals surface area contributed by atoms with Gasteiger partial charge in [0.05, 0.1) is 12.8 Å². The highest BCUT2D eigenvalue weighted by molar-refractivity contribution is 6.30. The second kappa shape index (κ2) is 2.92. The van der Waals surface area contributed by atoms with E-state index >= 15 is 0 Å². The van der Waals surface area contributed by atoms with Crippen LogP contribution in [0.3, 0.4) is 0 Å². The minimum atomic E-state index is -0.782. The zero-order valence-electron chi connectivity index (χ0n) is 5.77. The van der Waals surface area contributed by atoms with Crippen LogP contribution in [0.2, 0.25) is 5.15 Å². The Morgan fingerprint density at radius 2 is 2.36 bits per heavy atom. The molecule has 1 heterocycles. The molecule has 0 spiro atoms.